The van der Waals surface area contributed by atoms with Gasteiger partial charge in [-0.2, -0.15) is 4.31 Å². The van der Waals surface area contributed by atoms with Crippen molar-refractivity contribution in [3.63, 3.8) is 0 Å². The molecule has 2 aromatic rings. The third kappa shape index (κ3) is 3.90. The Bertz CT molecular complexity index is 912. The first-order valence-electron chi connectivity index (χ1n) is 8.19. The van der Waals surface area contributed by atoms with E-state index in [-0.39, 0.29) is 40.5 Å². The van der Waals surface area contributed by atoms with Gasteiger partial charge in [0, 0.05) is 19.0 Å². The minimum atomic E-state index is -3.70. The van der Waals surface area contributed by atoms with E-state index in [1.165, 1.54) is 28.6 Å². The maximum absolute atomic E-state index is 13.6. The monoisotopic (exact) mass is 396 g/mol. The SMILES string of the molecule is O=C(Nc1ccccc1F)C1CCN(S(=O)(=O)c2ccccc2Cl)CC1. The van der Waals surface area contributed by atoms with Crippen LogP contribution in [0.15, 0.2) is 53.4 Å². The van der Waals surface area contributed by atoms with E-state index in [2.05, 4.69) is 5.32 Å². The lowest BCUT2D eigenvalue weighted by Crippen LogP contribution is -2.41. The van der Waals surface area contributed by atoms with E-state index in [9.17, 15) is 17.6 Å². The summed E-state index contributed by atoms with van der Waals surface area (Å²) < 4.78 is 40.4. The Kier molecular flexibility index (Phi) is 5.60. The number of benzene rings is 2. The molecule has 2 aromatic carbocycles. The summed E-state index contributed by atoms with van der Waals surface area (Å²) in [6, 6.07) is 12.2. The van der Waals surface area contributed by atoms with Crippen molar-refractivity contribution in [1.29, 1.82) is 0 Å². The lowest BCUT2D eigenvalue weighted by Gasteiger charge is -2.30. The molecule has 0 radical (unpaired) electrons. The Morgan fingerprint density at radius 1 is 1.08 bits per heavy atom. The zero-order valence-electron chi connectivity index (χ0n) is 13.9. The fourth-order valence-electron chi connectivity index (χ4n) is 2.95. The molecule has 0 aliphatic carbocycles. The number of carbonyl (C=O) groups is 1. The number of sulfonamides is 1. The van der Waals surface area contributed by atoms with Crippen molar-refractivity contribution in [2.24, 2.45) is 5.92 Å². The van der Waals surface area contributed by atoms with Crippen LogP contribution in [0.5, 0.6) is 0 Å². The normalized spacial score (nSPS) is 16.4. The van der Waals surface area contributed by atoms with Gasteiger partial charge in [0.25, 0.3) is 0 Å². The second-order valence-electron chi connectivity index (χ2n) is 6.08. The molecule has 0 bridgehead atoms. The number of para-hydroxylation sites is 1. The predicted octanol–water partition coefficient (Wildman–Crippen LogP) is 3.52. The number of piperidine rings is 1. The Balaban J connectivity index is 1.65. The van der Waals surface area contributed by atoms with Gasteiger partial charge < -0.3 is 5.32 Å². The summed E-state index contributed by atoms with van der Waals surface area (Å²) in [5.74, 6) is -1.17. The highest BCUT2D eigenvalue weighted by Crippen LogP contribution is 2.28. The molecule has 3 rings (SSSR count). The van der Waals surface area contributed by atoms with Gasteiger partial charge in [-0.3, -0.25) is 4.79 Å². The number of nitrogens with one attached hydrogen (secondary N) is 1. The van der Waals surface area contributed by atoms with Crippen molar-refractivity contribution in [3.8, 4) is 0 Å². The van der Waals surface area contributed by atoms with Crippen LogP contribution in [-0.4, -0.2) is 31.7 Å². The van der Waals surface area contributed by atoms with Crippen LogP contribution in [0.4, 0.5) is 10.1 Å². The first-order valence-corrected chi connectivity index (χ1v) is 10.0. The maximum atomic E-state index is 13.6. The number of hydrogen-bond donors (Lipinski definition) is 1. The molecule has 26 heavy (non-hydrogen) atoms. The van der Waals surface area contributed by atoms with Gasteiger partial charge in [0.05, 0.1) is 10.7 Å². The highest BCUT2D eigenvalue weighted by Gasteiger charge is 2.33. The molecule has 1 aliphatic heterocycles. The second kappa shape index (κ2) is 7.73. The van der Waals surface area contributed by atoms with E-state index < -0.39 is 15.8 Å². The van der Waals surface area contributed by atoms with Gasteiger partial charge in [-0.1, -0.05) is 35.9 Å². The second-order valence-corrected chi connectivity index (χ2v) is 8.39. The molecule has 8 heteroatoms. The van der Waals surface area contributed by atoms with Crippen LogP contribution in [0.25, 0.3) is 0 Å². The topological polar surface area (TPSA) is 66.5 Å². The summed E-state index contributed by atoms with van der Waals surface area (Å²) in [4.78, 5) is 12.4. The molecule has 0 spiro atoms. The zero-order chi connectivity index (χ0) is 18.7. The fourth-order valence-corrected chi connectivity index (χ4v) is 4.91. The van der Waals surface area contributed by atoms with Crippen LogP contribution < -0.4 is 5.32 Å². The smallest absolute Gasteiger partial charge is 0.244 e. The lowest BCUT2D eigenvalue weighted by molar-refractivity contribution is -0.120. The molecule has 1 amide bonds. The van der Waals surface area contributed by atoms with Gasteiger partial charge >= 0.3 is 0 Å². The molecule has 1 fully saturated rings. The average molecular weight is 397 g/mol. The van der Waals surface area contributed by atoms with Crippen LogP contribution in [0.2, 0.25) is 5.02 Å². The molecule has 1 saturated heterocycles. The molecule has 1 aliphatic rings. The van der Waals surface area contributed by atoms with Gasteiger partial charge in [-0.15, -0.1) is 0 Å². The summed E-state index contributed by atoms with van der Waals surface area (Å²) in [7, 11) is -3.70. The molecule has 0 unspecified atom stereocenters. The summed E-state index contributed by atoms with van der Waals surface area (Å²) in [6.45, 7) is 0.422. The van der Waals surface area contributed by atoms with Gasteiger partial charge in [-0.25, -0.2) is 12.8 Å². The van der Waals surface area contributed by atoms with Crippen molar-refractivity contribution in [1.82, 2.24) is 4.31 Å². The first-order chi connectivity index (χ1) is 12.4. The minimum absolute atomic E-state index is 0.0657. The predicted molar refractivity (Wildman–Crippen MR) is 98.0 cm³/mol. The van der Waals surface area contributed by atoms with Crippen molar-refractivity contribution in [3.05, 3.63) is 59.4 Å². The van der Waals surface area contributed by atoms with Crippen molar-refractivity contribution in [2.45, 2.75) is 17.7 Å². The number of halogens is 2. The average Bonchev–Trinajstić information content (AvgIpc) is 2.64. The van der Waals surface area contributed by atoms with Gasteiger partial charge in [0.1, 0.15) is 10.7 Å². The molecule has 5 nitrogen and oxygen atoms in total. The third-order valence-electron chi connectivity index (χ3n) is 4.41. The number of amides is 1. The van der Waals surface area contributed by atoms with Gasteiger partial charge in [-0.05, 0) is 37.1 Å². The molecule has 138 valence electrons. The minimum Gasteiger partial charge on any atom is -0.323 e. The van der Waals surface area contributed by atoms with Crippen molar-refractivity contribution >= 4 is 33.2 Å². The summed E-state index contributed by atoms with van der Waals surface area (Å²) in [6.07, 6.45) is 0.730. The molecule has 0 aromatic heterocycles. The third-order valence-corrected chi connectivity index (χ3v) is 6.81. The van der Waals surface area contributed by atoms with Gasteiger partial charge in [0.2, 0.25) is 15.9 Å². The van der Waals surface area contributed by atoms with E-state index in [1.807, 2.05) is 0 Å². The van der Waals surface area contributed by atoms with Crippen LogP contribution in [0.1, 0.15) is 12.8 Å². The van der Waals surface area contributed by atoms with Crippen LogP contribution in [-0.2, 0) is 14.8 Å². The Morgan fingerprint density at radius 3 is 2.35 bits per heavy atom. The molecule has 0 atom stereocenters. The summed E-state index contributed by atoms with van der Waals surface area (Å²) in [5.41, 5.74) is 0.128. The zero-order valence-corrected chi connectivity index (χ0v) is 15.4. The largest absolute Gasteiger partial charge is 0.323 e. The van der Waals surface area contributed by atoms with Crippen LogP contribution in [0.3, 0.4) is 0 Å². The molecular formula is C18H18ClFN2O3S. The molecular weight excluding hydrogens is 379 g/mol. The number of rotatable bonds is 4. The van der Waals surface area contributed by atoms with Crippen molar-refractivity contribution in [2.75, 3.05) is 18.4 Å². The Morgan fingerprint density at radius 2 is 1.69 bits per heavy atom. The quantitative estimate of drug-likeness (QED) is 0.859. The van der Waals surface area contributed by atoms with E-state index in [0.29, 0.717) is 12.8 Å². The van der Waals surface area contributed by atoms with E-state index in [4.69, 9.17) is 11.6 Å². The number of anilines is 1. The highest BCUT2D eigenvalue weighted by atomic mass is 35.5. The summed E-state index contributed by atoms with van der Waals surface area (Å²) in [5, 5.41) is 2.74. The standard InChI is InChI=1S/C18H18ClFN2O3S/c19-14-5-1-4-8-17(14)26(24,25)22-11-9-13(10-12-22)18(23)21-16-7-3-2-6-15(16)20/h1-8,13H,9-12H2,(H,21,23). The Labute approximate surface area is 156 Å². The van der Waals surface area contributed by atoms with Crippen molar-refractivity contribution < 1.29 is 17.6 Å². The number of carbonyl (C=O) groups excluding carboxylic acids is 1. The van der Waals surface area contributed by atoms with E-state index in [0.717, 1.165) is 0 Å². The van der Waals surface area contributed by atoms with E-state index in [1.54, 1.807) is 24.3 Å². The summed E-state index contributed by atoms with van der Waals surface area (Å²) >= 11 is 6.01. The Hall–Kier alpha value is -1.96. The first kappa shape index (κ1) is 18.8. The lowest BCUT2D eigenvalue weighted by atomic mass is 9.97. The van der Waals surface area contributed by atoms with Gasteiger partial charge in [0.15, 0.2) is 0 Å². The fraction of sp³-hybridized carbons (Fsp3) is 0.278. The highest BCUT2D eigenvalue weighted by molar-refractivity contribution is 7.89. The van der Waals surface area contributed by atoms with Crippen LogP contribution >= 0.6 is 11.6 Å². The number of nitrogens with zero attached hydrogens (tertiary/aromatic N) is 1. The van der Waals surface area contributed by atoms with E-state index >= 15 is 0 Å². The van der Waals surface area contributed by atoms with Crippen LogP contribution in [0, 0.1) is 11.7 Å². The molecule has 0 saturated carbocycles. The number of hydrogen-bond acceptors (Lipinski definition) is 3. The maximum Gasteiger partial charge on any atom is 0.244 e. The molecule has 1 heterocycles. The molecule has 1 N–H and O–H groups in total.